The first-order valence-electron chi connectivity index (χ1n) is 8.59. The monoisotopic (exact) mass is 336 g/mol. The fraction of sp³-hybridized carbons (Fsp3) is 0.579. The molecule has 0 atom stereocenters. The third-order valence-corrected chi connectivity index (χ3v) is 4.38. The van der Waals surface area contributed by atoms with Crippen molar-refractivity contribution in [3.8, 4) is 0 Å². The second kappa shape index (κ2) is 8.72. The number of hydrogen-bond donors (Lipinski definition) is 0. The summed E-state index contributed by atoms with van der Waals surface area (Å²) in [5.74, 6) is 0.447. The van der Waals surface area contributed by atoms with Gasteiger partial charge in [-0.2, -0.15) is 0 Å². The van der Waals surface area contributed by atoms with Gasteiger partial charge in [0.2, 0.25) is 0 Å². The van der Waals surface area contributed by atoms with Crippen molar-refractivity contribution in [3.05, 3.63) is 47.8 Å². The average Bonchev–Trinajstić information content (AvgIpc) is 2.63. The van der Waals surface area contributed by atoms with Gasteiger partial charge in [-0.15, -0.1) is 0 Å². The van der Waals surface area contributed by atoms with Crippen molar-refractivity contribution in [1.82, 2.24) is 0 Å². The van der Waals surface area contributed by atoms with Crippen molar-refractivity contribution >= 4 is 0 Å². The molecular weight excluding hydrogens is 311 g/mol. The van der Waals surface area contributed by atoms with Crippen LogP contribution in [0.15, 0.2) is 36.4 Å². The van der Waals surface area contributed by atoms with Gasteiger partial charge in [0.25, 0.3) is 0 Å². The molecule has 24 heavy (non-hydrogen) atoms. The first-order valence-corrected chi connectivity index (χ1v) is 8.59. The molecule has 0 saturated carbocycles. The third-order valence-electron chi connectivity index (χ3n) is 4.38. The van der Waals surface area contributed by atoms with Crippen LogP contribution in [0.5, 0.6) is 0 Å². The SMILES string of the molecule is C/C=C/[C@H]1CO[C@H](CC[C@H]2CO[C@H](c3ccc(F)cc3)OC2)OC1. The van der Waals surface area contributed by atoms with Crippen LogP contribution in [-0.2, 0) is 18.9 Å². The standard InChI is InChI=1S/C19H25FO4/c1-2-3-14-10-21-18(22-11-14)9-4-15-12-23-19(24-13-15)16-5-7-17(20)8-6-16/h2-3,5-8,14-15,18-19H,4,9-13H2,1H3/b3-2+/t14-,15-,18-,19-. The molecule has 4 nitrogen and oxygen atoms in total. The van der Waals surface area contributed by atoms with Crippen LogP contribution < -0.4 is 0 Å². The Balaban J connectivity index is 1.36. The highest BCUT2D eigenvalue weighted by Gasteiger charge is 2.26. The van der Waals surface area contributed by atoms with Crippen molar-refractivity contribution in [1.29, 1.82) is 0 Å². The van der Waals surface area contributed by atoms with E-state index < -0.39 is 6.29 Å². The van der Waals surface area contributed by atoms with E-state index in [0.717, 1.165) is 31.6 Å². The predicted molar refractivity (Wildman–Crippen MR) is 87.8 cm³/mol. The van der Waals surface area contributed by atoms with E-state index in [9.17, 15) is 4.39 Å². The predicted octanol–water partition coefficient (Wildman–Crippen LogP) is 3.83. The van der Waals surface area contributed by atoms with Crippen molar-refractivity contribution in [2.45, 2.75) is 32.3 Å². The number of ether oxygens (including phenoxy) is 4. The van der Waals surface area contributed by atoms with Crippen LogP contribution in [0.25, 0.3) is 0 Å². The zero-order valence-corrected chi connectivity index (χ0v) is 14.0. The molecule has 3 rings (SSSR count). The average molecular weight is 336 g/mol. The number of hydrogen-bond acceptors (Lipinski definition) is 4. The second-order valence-corrected chi connectivity index (χ2v) is 6.38. The van der Waals surface area contributed by atoms with E-state index in [0.29, 0.717) is 25.0 Å². The summed E-state index contributed by atoms with van der Waals surface area (Å²) in [6.45, 7) is 4.72. The van der Waals surface area contributed by atoms with Crippen LogP contribution in [0.2, 0.25) is 0 Å². The highest BCUT2D eigenvalue weighted by molar-refractivity contribution is 5.17. The third kappa shape index (κ3) is 4.86. The van der Waals surface area contributed by atoms with Crippen LogP contribution in [0, 0.1) is 17.7 Å². The Hall–Kier alpha value is -1.27. The van der Waals surface area contributed by atoms with E-state index in [2.05, 4.69) is 6.08 Å². The van der Waals surface area contributed by atoms with Crippen LogP contribution in [0.1, 0.15) is 31.6 Å². The molecule has 1 aromatic rings. The van der Waals surface area contributed by atoms with Gasteiger partial charge in [-0.1, -0.05) is 24.3 Å². The molecule has 5 heteroatoms. The molecule has 0 unspecified atom stereocenters. The van der Waals surface area contributed by atoms with Crippen LogP contribution >= 0.6 is 0 Å². The smallest absolute Gasteiger partial charge is 0.183 e. The largest absolute Gasteiger partial charge is 0.352 e. The van der Waals surface area contributed by atoms with E-state index >= 15 is 0 Å². The summed E-state index contributed by atoms with van der Waals surface area (Å²) in [6.07, 6.45) is 5.42. The molecule has 2 aliphatic heterocycles. The van der Waals surface area contributed by atoms with E-state index in [-0.39, 0.29) is 12.1 Å². The van der Waals surface area contributed by atoms with Gasteiger partial charge in [0, 0.05) is 17.4 Å². The minimum absolute atomic E-state index is 0.124. The van der Waals surface area contributed by atoms with Crippen LogP contribution in [0.3, 0.4) is 0 Å². The molecule has 2 aliphatic rings. The molecule has 0 amide bonds. The van der Waals surface area contributed by atoms with Gasteiger partial charge < -0.3 is 18.9 Å². The maximum atomic E-state index is 13.0. The zero-order chi connectivity index (χ0) is 16.8. The molecule has 1 aromatic carbocycles. The number of benzene rings is 1. The molecule has 0 bridgehead atoms. The van der Waals surface area contributed by atoms with Gasteiger partial charge in [0.15, 0.2) is 12.6 Å². The second-order valence-electron chi connectivity index (χ2n) is 6.38. The Kier molecular flexibility index (Phi) is 6.37. The number of allylic oxidation sites excluding steroid dienone is 1. The summed E-state index contributed by atoms with van der Waals surface area (Å²) in [5.41, 5.74) is 0.851. The molecule has 0 aliphatic carbocycles. The van der Waals surface area contributed by atoms with Crippen molar-refractivity contribution in [3.63, 3.8) is 0 Å². The maximum absolute atomic E-state index is 13.0. The Morgan fingerprint density at radius 1 is 0.958 bits per heavy atom. The van der Waals surface area contributed by atoms with Crippen LogP contribution in [0.4, 0.5) is 4.39 Å². The topological polar surface area (TPSA) is 36.9 Å². The maximum Gasteiger partial charge on any atom is 0.183 e. The quantitative estimate of drug-likeness (QED) is 0.766. The Morgan fingerprint density at radius 2 is 1.62 bits per heavy atom. The van der Waals surface area contributed by atoms with E-state index in [4.69, 9.17) is 18.9 Å². The van der Waals surface area contributed by atoms with Gasteiger partial charge in [-0.05, 0) is 31.9 Å². The molecular formula is C19H25FO4. The summed E-state index contributed by atoms with van der Waals surface area (Å²) in [5, 5.41) is 0. The van der Waals surface area contributed by atoms with Crippen molar-refractivity contribution in [2.24, 2.45) is 11.8 Å². The molecule has 0 N–H and O–H groups in total. The molecule has 0 spiro atoms. The van der Waals surface area contributed by atoms with Crippen molar-refractivity contribution < 1.29 is 23.3 Å². The fourth-order valence-corrected chi connectivity index (χ4v) is 3.00. The van der Waals surface area contributed by atoms with Gasteiger partial charge in [-0.25, -0.2) is 4.39 Å². The molecule has 0 radical (unpaired) electrons. The Morgan fingerprint density at radius 3 is 2.25 bits per heavy atom. The minimum atomic E-state index is -0.398. The van der Waals surface area contributed by atoms with Gasteiger partial charge in [-0.3, -0.25) is 0 Å². The molecule has 2 heterocycles. The highest BCUT2D eigenvalue weighted by Crippen LogP contribution is 2.28. The summed E-state index contributed by atoms with van der Waals surface area (Å²) in [4.78, 5) is 0. The van der Waals surface area contributed by atoms with Crippen LogP contribution in [-0.4, -0.2) is 32.7 Å². The lowest BCUT2D eigenvalue weighted by atomic mass is 10.0. The van der Waals surface area contributed by atoms with Gasteiger partial charge in [0.1, 0.15) is 5.82 Å². The molecule has 132 valence electrons. The fourth-order valence-electron chi connectivity index (χ4n) is 3.00. The van der Waals surface area contributed by atoms with Crippen molar-refractivity contribution in [2.75, 3.05) is 26.4 Å². The lowest BCUT2D eigenvalue weighted by Crippen LogP contribution is -2.33. The highest BCUT2D eigenvalue weighted by atomic mass is 19.1. The molecule has 2 fully saturated rings. The first kappa shape index (κ1) is 17.5. The summed E-state index contributed by atoms with van der Waals surface area (Å²) < 4.78 is 36.0. The summed E-state index contributed by atoms with van der Waals surface area (Å²) in [7, 11) is 0. The van der Waals surface area contributed by atoms with Gasteiger partial charge in [0.05, 0.1) is 26.4 Å². The first-order chi connectivity index (χ1) is 11.7. The molecule has 2 saturated heterocycles. The lowest BCUT2D eigenvalue weighted by molar-refractivity contribution is -0.217. The number of rotatable bonds is 5. The van der Waals surface area contributed by atoms with E-state index in [1.165, 1.54) is 12.1 Å². The Labute approximate surface area is 142 Å². The van der Waals surface area contributed by atoms with E-state index in [1.54, 1.807) is 12.1 Å². The lowest BCUT2D eigenvalue weighted by Gasteiger charge is -2.32. The normalized spacial score (nSPS) is 31.4. The van der Waals surface area contributed by atoms with Gasteiger partial charge >= 0.3 is 0 Å². The van der Waals surface area contributed by atoms with E-state index in [1.807, 2.05) is 13.0 Å². The summed E-state index contributed by atoms with van der Waals surface area (Å²) >= 11 is 0. The number of halogens is 1. The molecule has 0 aromatic heterocycles. The Bertz CT molecular complexity index is 515. The zero-order valence-electron chi connectivity index (χ0n) is 14.0. The summed E-state index contributed by atoms with van der Waals surface area (Å²) in [6, 6.07) is 6.25. The minimum Gasteiger partial charge on any atom is -0.352 e.